The maximum Gasteiger partial charge on any atom is 0.238 e. The summed E-state index contributed by atoms with van der Waals surface area (Å²) in [6.07, 6.45) is 4.59. The molecule has 2 heterocycles. The zero-order chi connectivity index (χ0) is 10.7. The molecule has 2 aromatic heterocycles. The Hall–Kier alpha value is -1.69. The number of halogens is 1. The summed E-state index contributed by atoms with van der Waals surface area (Å²) in [6, 6.07) is 3.55. The Morgan fingerprint density at radius 1 is 1.33 bits per heavy atom. The highest BCUT2D eigenvalue weighted by molar-refractivity contribution is 9.10. The fourth-order valence-corrected chi connectivity index (χ4v) is 1.24. The van der Waals surface area contributed by atoms with Gasteiger partial charge in [-0.2, -0.15) is 0 Å². The molecule has 0 aromatic carbocycles. The van der Waals surface area contributed by atoms with Gasteiger partial charge in [0.1, 0.15) is 22.4 Å². The van der Waals surface area contributed by atoms with Crippen LogP contribution in [0.1, 0.15) is 0 Å². The summed E-state index contributed by atoms with van der Waals surface area (Å²) in [5.41, 5.74) is 5.58. The van der Waals surface area contributed by atoms with Crippen molar-refractivity contribution < 1.29 is 4.74 Å². The number of nitrogen functional groups attached to an aromatic ring is 1. The third kappa shape index (κ3) is 2.21. The first-order valence-electron chi connectivity index (χ1n) is 4.11. The number of rotatable bonds is 2. The van der Waals surface area contributed by atoms with Gasteiger partial charge < -0.3 is 10.5 Å². The molecule has 0 aliphatic rings. The Labute approximate surface area is 94.5 Å². The lowest BCUT2D eigenvalue weighted by molar-refractivity contribution is 0.456. The molecular formula is C9H7BrN4O. The van der Waals surface area contributed by atoms with E-state index in [1.54, 1.807) is 24.5 Å². The second-order valence-corrected chi connectivity index (χ2v) is 3.46. The summed E-state index contributed by atoms with van der Waals surface area (Å²) in [5.74, 6) is 1.30. The van der Waals surface area contributed by atoms with Crippen molar-refractivity contribution in [3.8, 4) is 11.6 Å². The monoisotopic (exact) mass is 266 g/mol. The van der Waals surface area contributed by atoms with Crippen LogP contribution < -0.4 is 10.5 Å². The Morgan fingerprint density at radius 3 is 2.93 bits per heavy atom. The summed E-state index contributed by atoms with van der Waals surface area (Å²) in [5, 5.41) is 0. The fourth-order valence-electron chi connectivity index (χ4n) is 0.957. The van der Waals surface area contributed by atoms with Crippen molar-refractivity contribution in [3.05, 3.63) is 35.3 Å². The summed E-state index contributed by atoms with van der Waals surface area (Å²) < 4.78 is 5.99. The minimum absolute atomic E-state index is 0.337. The quantitative estimate of drug-likeness (QED) is 0.900. The first-order chi connectivity index (χ1) is 7.27. The van der Waals surface area contributed by atoms with Gasteiger partial charge in [0.15, 0.2) is 0 Å². The topological polar surface area (TPSA) is 73.9 Å². The molecular weight excluding hydrogens is 260 g/mol. The minimum Gasteiger partial charge on any atom is -0.436 e. The fraction of sp³-hybridized carbons (Fsp3) is 0. The van der Waals surface area contributed by atoms with E-state index in [9.17, 15) is 0 Å². The SMILES string of the molecule is Nc1ncnc(Oc2cccnc2)c1Br. The number of nitrogens with two attached hydrogens (primary N) is 1. The van der Waals surface area contributed by atoms with Crippen molar-refractivity contribution >= 4 is 21.7 Å². The van der Waals surface area contributed by atoms with Crippen molar-refractivity contribution in [3.63, 3.8) is 0 Å². The van der Waals surface area contributed by atoms with Crippen molar-refractivity contribution in [1.82, 2.24) is 15.0 Å². The van der Waals surface area contributed by atoms with E-state index in [0.717, 1.165) is 0 Å². The van der Waals surface area contributed by atoms with Crippen molar-refractivity contribution in [2.45, 2.75) is 0 Å². The molecule has 6 heteroatoms. The van der Waals surface area contributed by atoms with Crippen molar-refractivity contribution in [2.24, 2.45) is 0 Å². The Kier molecular flexibility index (Phi) is 2.77. The average molecular weight is 267 g/mol. The van der Waals surface area contributed by atoms with Gasteiger partial charge in [-0.1, -0.05) is 0 Å². The van der Waals surface area contributed by atoms with E-state index in [4.69, 9.17) is 10.5 Å². The van der Waals surface area contributed by atoms with Gasteiger partial charge in [-0.3, -0.25) is 4.98 Å². The second-order valence-electron chi connectivity index (χ2n) is 2.67. The molecule has 0 bridgehead atoms. The lowest BCUT2D eigenvalue weighted by Crippen LogP contribution is -1.96. The van der Waals surface area contributed by atoms with Crippen LogP contribution in [0.25, 0.3) is 0 Å². The predicted octanol–water partition coefficient (Wildman–Crippen LogP) is 2.01. The van der Waals surface area contributed by atoms with Crippen LogP contribution in [0, 0.1) is 0 Å². The van der Waals surface area contributed by atoms with E-state index in [-0.39, 0.29) is 0 Å². The van der Waals surface area contributed by atoms with E-state index in [2.05, 4.69) is 30.9 Å². The summed E-state index contributed by atoms with van der Waals surface area (Å²) in [7, 11) is 0. The van der Waals surface area contributed by atoms with Crippen LogP contribution in [0.3, 0.4) is 0 Å². The number of ether oxygens (including phenoxy) is 1. The molecule has 2 aromatic rings. The highest BCUT2D eigenvalue weighted by Crippen LogP contribution is 2.29. The Balaban J connectivity index is 2.29. The van der Waals surface area contributed by atoms with Gasteiger partial charge in [0.2, 0.25) is 5.88 Å². The molecule has 0 unspecified atom stereocenters. The zero-order valence-corrected chi connectivity index (χ0v) is 9.18. The molecule has 2 N–H and O–H groups in total. The summed E-state index contributed by atoms with van der Waals surface area (Å²) in [4.78, 5) is 11.7. The van der Waals surface area contributed by atoms with E-state index in [0.29, 0.717) is 21.9 Å². The van der Waals surface area contributed by atoms with Gasteiger partial charge >= 0.3 is 0 Å². The zero-order valence-electron chi connectivity index (χ0n) is 7.59. The van der Waals surface area contributed by atoms with Gasteiger partial charge in [0, 0.05) is 6.20 Å². The van der Waals surface area contributed by atoms with E-state index in [1.807, 2.05) is 0 Å². The molecule has 0 aliphatic carbocycles. The van der Waals surface area contributed by atoms with Crippen LogP contribution in [-0.2, 0) is 0 Å². The van der Waals surface area contributed by atoms with Gasteiger partial charge in [0.25, 0.3) is 0 Å². The standard InChI is InChI=1S/C9H7BrN4O/c10-7-8(11)13-5-14-9(7)15-6-2-1-3-12-4-6/h1-5H,(H2,11,13,14). The number of hydrogen-bond acceptors (Lipinski definition) is 5. The third-order valence-corrected chi connectivity index (χ3v) is 2.38. The smallest absolute Gasteiger partial charge is 0.238 e. The van der Waals surface area contributed by atoms with Crippen LogP contribution >= 0.6 is 15.9 Å². The molecule has 0 aliphatic heterocycles. The van der Waals surface area contributed by atoms with Crippen molar-refractivity contribution in [2.75, 3.05) is 5.73 Å². The number of nitrogens with zero attached hydrogens (tertiary/aromatic N) is 3. The molecule has 5 nitrogen and oxygen atoms in total. The second kappa shape index (κ2) is 4.22. The van der Waals surface area contributed by atoms with Crippen LogP contribution in [0.4, 0.5) is 5.82 Å². The normalized spacial score (nSPS) is 9.93. The summed E-state index contributed by atoms with van der Waals surface area (Å²) >= 11 is 3.24. The maximum atomic E-state index is 5.58. The molecule has 0 atom stereocenters. The number of hydrogen-bond donors (Lipinski definition) is 1. The predicted molar refractivity (Wildman–Crippen MR) is 58.5 cm³/mol. The van der Waals surface area contributed by atoms with Gasteiger partial charge in [-0.25, -0.2) is 9.97 Å². The number of anilines is 1. The van der Waals surface area contributed by atoms with Crippen LogP contribution in [0.5, 0.6) is 11.6 Å². The molecule has 0 fully saturated rings. The maximum absolute atomic E-state index is 5.58. The number of pyridine rings is 1. The molecule has 0 radical (unpaired) electrons. The van der Waals surface area contributed by atoms with Gasteiger partial charge in [0.05, 0.1) is 6.20 Å². The van der Waals surface area contributed by atoms with Crippen molar-refractivity contribution in [1.29, 1.82) is 0 Å². The Bertz CT molecular complexity index is 463. The van der Waals surface area contributed by atoms with Crippen LogP contribution in [-0.4, -0.2) is 15.0 Å². The average Bonchev–Trinajstić information content (AvgIpc) is 2.26. The molecule has 2 rings (SSSR count). The molecule has 0 saturated heterocycles. The highest BCUT2D eigenvalue weighted by atomic mass is 79.9. The first kappa shape index (κ1) is 9.85. The third-order valence-electron chi connectivity index (χ3n) is 1.63. The molecule has 15 heavy (non-hydrogen) atoms. The first-order valence-corrected chi connectivity index (χ1v) is 4.90. The van der Waals surface area contributed by atoms with Gasteiger partial charge in [-0.05, 0) is 28.1 Å². The lowest BCUT2D eigenvalue weighted by Gasteiger charge is -2.06. The number of aromatic nitrogens is 3. The lowest BCUT2D eigenvalue weighted by atomic mass is 10.4. The Morgan fingerprint density at radius 2 is 2.20 bits per heavy atom. The van der Waals surface area contributed by atoms with Gasteiger partial charge in [-0.15, -0.1) is 0 Å². The largest absolute Gasteiger partial charge is 0.436 e. The van der Waals surface area contributed by atoms with Crippen LogP contribution in [0.15, 0.2) is 35.3 Å². The van der Waals surface area contributed by atoms with E-state index in [1.165, 1.54) is 6.33 Å². The van der Waals surface area contributed by atoms with Crippen LogP contribution in [0.2, 0.25) is 0 Å². The van der Waals surface area contributed by atoms with E-state index >= 15 is 0 Å². The molecule has 0 spiro atoms. The molecule has 0 amide bonds. The summed E-state index contributed by atoms with van der Waals surface area (Å²) in [6.45, 7) is 0. The molecule has 76 valence electrons. The highest BCUT2D eigenvalue weighted by Gasteiger charge is 2.07. The minimum atomic E-state index is 0.337. The molecule has 0 saturated carbocycles. The van der Waals surface area contributed by atoms with E-state index < -0.39 is 0 Å².